The van der Waals surface area contributed by atoms with Crippen LogP contribution in [-0.2, 0) is 81.0 Å². The van der Waals surface area contributed by atoms with Gasteiger partial charge in [0.1, 0.15) is 19.7 Å². The van der Waals surface area contributed by atoms with Crippen molar-refractivity contribution < 1.29 is 86.2 Å². The largest absolute Gasteiger partial charge is 0.457 e. The van der Waals surface area contributed by atoms with E-state index in [0.29, 0.717) is 96.8 Å². The number of esters is 8. The number of Topliss-reactive ketones (excluding diaryl/α,β-unsaturated/α-hetero) is 1. The molecule has 2 unspecified atom stereocenters. The lowest BCUT2D eigenvalue weighted by atomic mass is 10.1. The Labute approximate surface area is 724 Å². The number of aliphatic hydroxyl groups is 1. The van der Waals surface area contributed by atoms with Crippen LogP contribution < -0.4 is 0 Å². The normalized spacial score (nSPS) is 19.6. The second-order valence-corrected chi connectivity index (χ2v) is 33.1. The highest BCUT2D eigenvalue weighted by atomic mass is 79.9. The monoisotopic (exact) mass is 2430 g/mol. The second-order valence-electron chi connectivity index (χ2n) is 20.6. The molecule has 0 bridgehead atoms. The van der Waals surface area contributed by atoms with E-state index in [0.717, 1.165) is 77.9 Å². The van der Waals surface area contributed by atoms with Gasteiger partial charge in [-0.25, -0.2) is 33.6 Å². The van der Waals surface area contributed by atoms with E-state index in [9.17, 15) is 48.3 Å². The van der Waals surface area contributed by atoms with Crippen molar-refractivity contribution in [3.63, 3.8) is 0 Å². The van der Waals surface area contributed by atoms with E-state index in [2.05, 4.69) is 280 Å². The molecule has 0 saturated carbocycles. The molecule has 7 aliphatic heterocycles. The maximum absolute atomic E-state index is 11.7. The highest BCUT2D eigenvalue weighted by Crippen LogP contribution is 2.40. The zero-order chi connectivity index (χ0) is 77.4. The number of aliphatic hydroxyl groups excluding tert-OH is 1. The lowest BCUT2D eigenvalue weighted by Crippen LogP contribution is -2.22. The van der Waals surface area contributed by atoms with Gasteiger partial charge in [0, 0.05) is 53.7 Å². The fourth-order valence-electron chi connectivity index (χ4n) is 7.69. The lowest BCUT2D eigenvalue weighted by molar-refractivity contribution is -0.146. The number of unbranched alkanes of at least 4 members (excludes halogenated alkanes) is 5. The Morgan fingerprint density at radius 2 is 0.941 bits per heavy atom. The number of rotatable bonds is 21. The molecule has 101 heavy (non-hydrogen) atoms. The Bertz CT molecular complexity index is 3480. The van der Waals surface area contributed by atoms with Crippen LogP contribution in [0.3, 0.4) is 0 Å². The maximum Gasteiger partial charge on any atom is 0.350 e. The van der Waals surface area contributed by atoms with Crippen molar-refractivity contribution in [1.29, 1.82) is 0 Å². The smallest absolute Gasteiger partial charge is 0.350 e. The lowest BCUT2D eigenvalue weighted by Gasteiger charge is -2.15. The van der Waals surface area contributed by atoms with Crippen LogP contribution in [0.15, 0.2) is 158 Å². The number of halogens is 16. The van der Waals surface area contributed by atoms with E-state index in [-0.39, 0.29) is 45.3 Å². The summed E-state index contributed by atoms with van der Waals surface area (Å²) in [7, 11) is 0. The van der Waals surface area contributed by atoms with Crippen LogP contribution in [0.4, 0.5) is 0 Å². The Balaban J connectivity index is 0.00000115. The first-order chi connectivity index (χ1) is 47.6. The number of carbonyl (C=O) groups excluding carboxylic acids is 9. The summed E-state index contributed by atoms with van der Waals surface area (Å²) in [5.74, 6) is 0.867. The van der Waals surface area contributed by atoms with Crippen LogP contribution in [0.2, 0.25) is 0 Å². The van der Waals surface area contributed by atoms with Crippen molar-refractivity contribution in [3.8, 4) is 0 Å². The molecule has 7 heterocycles. The molecular weight excluding hydrogens is 2370 g/mol. The molecule has 0 radical (unpaired) electrons. The average Bonchev–Trinajstić information content (AvgIpc) is 1.72. The molecule has 0 aliphatic carbocycles. The van der Waals surface area contributed by atoms with Gasteiger partial charge in [-0.05, 0) is 209 Å². The van der Waals surface area contributed by atoms with Crippen molar-refractivity contribution in [3.05, 3.63) is 158 Å². The van der Waals surface area contributed by atoms with E-state index in [4.69, 9.17) is 33.2 Å². The molecule has 0 aromatic heterocycles. The third kappa shape index (κ3) is 36.0. The standard InChI is InChI=1S/2C11H13Br3O2.C11H12Br2O4.C9H10Br2O3.C9H10Br2O2.C6H5BrO2.C5H2Br2O2.C5H7BrO/c1-2-3-4-5-8(12)7-6-9(10(13)14)16-11(7)15;1-2-3-4-5-7(13)9-10(14)8(6-12)16-11(9)15;1-3-4-7(16-6(2)14)9-10(13)8(5-12)17-11(9)15;1-2-3-5(12)7-8(11)6(4-10)14-9(7)13;1-2-3-4-6-8(11)7(5-10)13-9(6)12;1-2-4-3-5(7)6(8)9-4;6-2-4-3(7)1-5(8)9-4;1-4(3-6)5(2)7/h6,8H,2-5H2,1H3;6-7H,2-5H2,1H3;5,7H,3-4H2,1-2H3;4-5,12H,2-3H2,1H3;5H,2-4H2,1H3;2-3H,1H3;1-2H;3H,1-2H3/b;8-6-;8-5-;6-4-;7-5-;2*4-2-;4-3+/t;;7-;5-;;;;/m..11..../s1. The molecule has 34 heteroatoms. The molecule has 4 atom stereocenters. The minimum absolute atomic E-state index is 0.0610. The van der Waals surface area contributed by atoms with Crippen LogP contribution in [0, 0.1) is 0 Å². The van der Waals surface area contributed by atoms with Gasteiger partial charge in [-0.15, -0.1) is 0 Å². The molecule has 0 aromatic rings. The molecule has 560 valence electrons. The summed E-state index contributed by atoms with van der Waals surface area (Å²) in [6, 6.07) is 0. The predicted octanol–water partition coefficient (Wildman–Crippen LogP) is 24.6. The summed E-state index contributed by atoms with van der Waals surface area (Å²) >= 11 is 51.4. The highest BCUT2D eigenvalue weighted by Gasteiger charge is 2.37. The quantitative estimate of drug-likeness (QED) is 0.0369. The number of hydrogen-bond donors (Lipinski definition) is 1. The van der Waals surface area contributed by atoms with Crippen molar-refractivity contribution in [2.24, 2.45) is 0 Å². The second kappa shape index (κ2) is 55.5. The first-order valence-electron chi connectivity index (χ1n) is 30.4. The molecule has 0 fully saturated rings. The number of alkyl halides is 2. The summed E-state index contributed by atoms with van der Waals surface area (Å²) in [4.78, 5) is 109. The summed E-state index contributed by atoms with van der Waals surface area (Å²) < 4.78 is 44.0. The Kier molecular flexibility index (Phi) is 55.1. The molecule has 18 nitrogen and oxygen atoms in total. The Morgan fingerprint density at radius 3 is 1.29 bits per heavy atom. The van der Waals surface area contributed by atoms with Gasteiger partial charge in [0.05, 0.1) is 56.4 Å². The maximum atomic E-state index is 11.7. The van der Waals surface area contributed by atoms with Crippen molar-refractivity contribution >= 4 is 308 Å². The van der Waals surface area contributed by atoms with E-state index >= 15 is 0 Å². The number of ketones is 1. The molecule has 1 N–H and O–H groups in total. The van der Waals surface area contributed by atoms with Crippen LogP contribution >= 0.6 is 255 Å². The van der Waals surface area contributed by atoms with Gasteiger partial charge in [0.25, 0.3) is 0 Å². The third-order valence-corrected chi connectivity index (χ3v) is 22.9. The molecule has 0 aromatic carbocycles. The molecule has 7 rings (SSSR count). The van der Waals surface area contributed by atoms with Crippen LogP contribution in [0.25, 0.3) is 0 Å². The van der Waals surface area contributed by atoms with Gasteiger partial charge in [-0.2, -0.15) is 0 Å². The minimum atomic E-state index is -0.758. The van der Waals surface area contributed by atoms with Crippen LogP contribution in [0.1, 0.15) is 159 Å². The van der Waals surface area contributed by atoms with Gasteiger partial charge in [-0.3, -0.25) is 9.59 Å². The Morgan fingerprint density at radius 1 is 0.485 bits per heavy atom. The predicted molar refractivity (Wildman–Crippen MR) is 450 cm³/mol. The number of hydrogen-bond acceptors (Lipinski definition) is 18. The van der Waals surface area contributed by atoms with Gasteiger partial charge in [0.2, 0.25) is 0 Å². The van der Waals surface area contributed by atoms with Gasteiger partial charge in [-0.1, -0.05) is 220 Å². The zero-order valence-electron chi connectivity index (χ0n) is 55.6. The first-order valence-corrected chi connectivity index (χ1v) is 44.1. The zero-order valence-corrected chi connectivity index (χ0v) is 81.0. The fraction of sp³-hybridized carbons (Fsp3) is 0.418. The first kappa shape index (κ1) is 100. The van der Waals surface area contributed by atoms with Gasteiger partial charge >= 0.3 is 47.8 Å². The van der Waals surface area contributed by atoms with E-state index in [1.165, 1.54) is 55.6 Å². The summed E-state index contributed by atoms with van der Waals surface area (Å²) in [6.45, 7) is 16.7. The number of carbonyl (C=O) groups is 9. The molecule has 0 amide bonds. The van der Waals surface area contributed by atoms with Gasteiger partial charge in [0.15, 0.2) is 40.3 Å². The van der Waals surface area contributed by atoms with Crippen LogP contribution in [0.5, 0.6) is 0 Å². The minimum Gasteiger partial charge on any atom is -0.457 e. The third-order valence-electron chi connectivity index (χ3n) is 13.0. The van der Waals surface area contributed by atoms with Crippen molar-refractivity contribution in [1.82, 2.24) is 0 Å². The summed E-state index contributed by atoms with van der Waals surface area (Å²) in [6.07, 6.45) is 19.6. The fourth-order valence-corrected chi connectivity index (χ4v) is 16.4. The van der Waals surface area contributed by atoms with E-state index < -0.39 is 30.1 Å². The summed E-state index contributed by atoms with van der Waals surface area (Å²) in [5, 5.41) is 9.67. The Hall–Kier alpha value is -0.830. The molecular formula is C67H72Br16O18. The molecule has 0 spiro atoms. The van der Waals surface area contributed by atoms with Crippen LogP contribution in [-0.4, -0.2) is 80.5 Å². The van der Waals surface area contributed by atoms with E-state index in [1.54, 1.807) is 45.1 Å². The topological polar surface area (TPSA) is 248 Å². The number of allylic oxidation sites excluding steroid dienone is 9. The number of cyclic esters (lactones) is 7. The van der Waals surface area contributed by atoms with E-state index in [1.807, 2.05) is 20.8 Å². The molecule has 7 aliphatic rings. The molecule has 0 saturated heterocycles. The summed E-state index contributed by atoms with van der Waals surface area (Å²) in [5.41, 5.74) is 3.53. The van der Waals surface area contributed by atoms with Crippen molar-refractivity contribution in [2.75, 3.05) is 0 Å². The highest BCUT2D eigenvalue weighted by molar-refractivity contribution is 9.28. The van der Waals surface area contributed by atoms with Gasteiger partial charge < -0.3 is 43.0 Å². The van der Waals surface area contributed by atoms with Crippen molar-refractivity contribution in [2.45, 2.75) is 180 Å². The average molecular weight is 2440 g/mol. The SMILES string of the molecule is C/C=C1/C=C(Br)C(=O)O1.CC(=O)/C(C)=C/Br.CCCCC1=C(Br)/C(=C/Br)OC1=O.CCCCCC(Br)C1=C(Br)/C(=C/Br)OC1=O.CCCCCC(Br)C1=CC(=C(Br)Br)OC1=O.CCC[C@@H](O)C1=C(Br)/C(=C/Br)OC1=O.CCC[C@@H](OC(C)=O)C1=C(Br)/C(=C/Br)OC1=O.O=C1C=C(Br)/C(=C/Br)O1. The number of ether oxygens (including phenoxy) is 8.